The highest BCUT2D eigenvalue weighted by molar-refractivity contribution is 6.08. The predicted octanol–water partition coefficient (Wildman–Crippen LogP) is 4.91. The molecule has 0 spiro atoms. The van der Waals surface area contributed by atoms with Crippen molar-refractivity contribution < 1.29 is 19.1 Å². The molecule has 7 heterocycles. The maximum atomic E-state index is 13.6. The Labute approximate surface area is 322 Å². The first-order chi connectivity index (χ1) is 27.4. The van der Waals surface area contributed by atoms with Gasteiger partial charge in [0.15, 0.2) is 11.5 Å². The van der Waals surface area contributed by atoms with Crippen molar-refractivity contribution >= 4 is 57.4 Å². The Morgan fingerprint density at radius 3 is 2.62 bits per heavy atom. The van der Waals surface area contributed by atoms with E-state index in [4.69, 9.17) is 9.84 Å². The average molecular weight is 757 g/mol. The van der Waals surface area contributed by atoms with Gasteiger partial charge in [0.25, 0.3) is 5.91 Å². The molecule has 6 aromatic rings. The first kappa shape index (κ1) is 34.5. The number of ether oxygens (including phenoxy) is 1. The van der Waals surface area contributed by atoms with Gasteiger partial charge in [0.1, 0.15) is 5.75 Å². The zero-order valence-electron chi connectivity index (χ0n) is 31.1. The van der Waals surface area contributed by atoms with Crippen LogP contribution in [0, 0.1) is 5.92 Å². The van der Waals surface area contributed by atoms with E-state index in [9.17, 15) is 14.4 Å². The number of fused-ring (bicyclic) bond motifs is 3. The number of piperazine rings is 1. The Morgan fingerprint density at radius 2 is 1.80 bits per heavy atom. The molecule has 4 aliphatic rings. The van der Waals surface area contributed by atoms with Gasteiger partial charge in [0.05, 0.1) is 46.8 Å². The van der Waals surface area contributed by atoms with Gasteiger partial charge in [-0.1, -0.05) is 0 Å². The first-order valence-corrected chi connectivity index (χ1v) is 19.8. The number of hydrogen-bond acceptors (Lipinski definition) is 10. The largest absolute Gasteiger partial charge is 0.490 e. The van der Waals surface area contributed by atoms with Gasteiger partial charge < -0.3 is 15.0 Å². The fraction of sp³-hybridized carbons (Fsp3) is 0.425. The van der Waals surface area contributed by atoms with Crippen molar-refractivity contribution in [1.82, 2.24) is 44.0 Å². The number of imidazole rings is 2. The lowest BCUT2D eigenvalue weighted by molar-refractivity contribution is -0.120. The highest BCUT2D eigenvalue weighted by atomic mass is 16.5. The Balaban J connectivity index is 0.740. The molecule has 2 aliphatic carbocycles. The number of hydrogen-bond donors (Lipinski definition) is 2. The van der Waals surface area contributed by atoms with Gasteiger partial charge >= 0.3 is 6.03 Å². The number of pyridine rings is 1. The smallest absolute Gasteiger partial charge is 0.330 e. The second kappa shape index (κ2) is 14.2. The van der Waals surface area contributed by atoms with Crippen molar-refractivity contribution in [2.45, 2.75) is 63.5 Å². The molecule has 16 heteroatoms. The van der Waals surface area contributed by atoms with Crippen LogP contribution in [0.5, 0.6) is 5.75 Å². The summed E-state index contributed by atoms with van der Waals surface area (Å²) in [4.78, 5) is 53.2. The third kappa shape index (κ3) is 6.67. The van der Waals surface area contributed by atoms with Gasteiger partial charge in [-0.2, -0.15) is 14.7 Å². The van der Waals surface area contributed by atoms with Crippen LogP contribution < -0.4 is 25.2 Å². The van der Waals surface area contributed by atoms with Crippen molar-refractivity contribution in [3.63, 3.8) is 0 Å². The molecule has 2 aliphatic heterocycles. The number of urea groups is 1. The van der Waals surface area contributed by atoms with Crippen LogP contribution in [0.2, 0.25) is 0 Å². The molecule has 4 amide bonds. The Kier molecular flexibility index (Phi) is 8.76. The summed E-state index contributed by atoms with van der Waals surface area (Å²) in [6.45, 7) is 5.25. The molecule has 2 saturated carbocycles. The fourth-order valence-electron chi connectivity index (χ4n) is 8.49. The Bertz CT molecular complexity index is 2450. The second-order valence-electron chi connectivity index (χ2n) is 15.5. The van der Waals surface area contributed by atoms with Crippen LogP contribution in [0.1, 0.15) is 67.8 Å². The van der Waals surface area contributed by atoms with Crippen LogP contribution in [0.4, 0.5) is 22.2 Å². The maximum Gasteiger partial charge on any atom is 0.330 e. The van der Waals surface area contributed by atoms with E-state index >= 15 is 0 Å². The van der Waals surface area contributed by atoms with Crippen LogP contribution in [-0.4, -0.2) is 102 Å². The van der Waals surface area contributed by atoms with Gasteiger partial charge in [-0.25, -0.2) is 14.8 Å². The minimum absolute atomic E-state index is 0.135. The topological polar surface area (TPSA) is 160 Å². The van der Waals surface area contributed by atoms with Crippen molar-refractivity contribution in [2.24, 2.45) is 5.92 Å². The summed E-state index contributed by atoms with van der Waals surface area (Å²) in [6, 6.07) is 11.5. The first-order valence-electron chi connectivity index (χ1n) is 19.8. The van der Waals surface area contributed by atoms with Crippen LogP contribution in [-0.2, 0) is 4.79 Å². The quantitative estimate of drug-likeness (QED) is 0.197. The second-order valence-corrected chi connectivity index (χ2v) is 15.5. The van der Waals surface area contributed by atoms with Gasteiger partial charge in [-0.3, -0.25) is 33.8 Å². The Hall–Kier alpha value is -6.03. The SMILES string of the molecule is O=C1CCN(c2ncc3c(N4CCN(CCC5CCC(n6cc7cc(C(=O)Nc8cnc9cccnn89)c(OC8CC8)cc7n6)CC5)CC4)cccn23)C(=O)N1. The summed E-state index contributed by atoms with van der Waals surface area (Å²) in [6.07, 6.45) is 17.2. The average Bonchev–Trinajstić information content (AvgIpc) is 3.57. The number of benzene rings is 1. The molecule has 2 saturated heterocycles. The van der Waals surface area contributed by atoms with E-state index < -0.39 is 6.03 Å². The minimum Gasteiger partial charge on any atom is -0.490 e. The van der Waals surface area contributed by atoms with Crippen LogP contribution in [0.25, 0.3) is 22.1 Å². The lowest BCUT2D eigenvalue weighted by Gasteiger charge is -2.37. The summed E-state index contributed by atoms with van der Waals surface area (Å²) < 4.78 is 11.9. The lowest BCUT2D eigenvalue weighted by atomic mass is 9.84. The van der Waals surface area contributed by atoms with E-state index in [2.05, 4.69) is 52.4 Å². The van der Waals surface area contributed by atoms with Crippen molar-refractivity contribution in [1.29, 1.82) is 0 Å². The number of aromatic nitrogens is 7. The Morgan fingerprint density at radius 1 is 0.946 bits per heavy atom. The molecule has 0 bridgehead atoms. The minimum atomic E-state index is -0.430. The molecular weight excluding hydrogens is 713 g/mol. The van der Waals surface area contributed by atoms with E-state index in [0.29, 0.717) is 47.2 Å². The summed E-state index contributed by atoms with van der Waals surface area (Å²) in [5.74, 6) is 1.77. The molecule has 16 nitrogen and oxygen atoms in total. The summed E-state index contributed by atoms with van der Waals surface area (Å²) in [5.41, 5.74) is 4.04. The maximum absolute atomic E-state index is 13.6. The van der Waals surface area contributed by atoms with E-state index in [0.717, 1.165) is 80.5 Å². The van der Waals surface area contributed by atoms with Crippen LogP contribution >= 0.6 is 0 Å². The highest BCUT2D eigenvalue weighted by Crippen LogP contribution is 2.37. The third-order valence-corrected chi connectivity index (χ3v) is 11.8. The number of nitrogens with zero attached hydrogens (tertiary/aromatic N) is 10. The van der Waals surface area contributed by atoms with Crippen molar-refractivity contribution in [3.8, 4) is 5.75 Å². The molecule has 0 atom stereocenters. The number of amides is 4. The number of rotatable bonds is 10. The van der Waals surface area contributed by atoms with Crippen LogP contribution in [0.3, 0.4) is 0 Å². The monoisotopic (exact) mass is 756 g/mol. The van der Waals surface area contributed by atoms with Crippen molar-refractivity contribution in [3.05, 3.63) is 72.9 Å². The molecule has 1 aromatic carbocycles. The van der Waals surface area contributed by atoms with Crippen LogP contribution in [0.15, 0.2) is 67.4 Å². The molecule has 10 rings (SSSR count). The molecule has 288 valence electrons. The standard InChI is InChI=1S/C40H44N12O4/c53-37-12-16-50(40(55)45-37)39-42-23-33-32(3-2-14-49(33)39)48-19-17-47(18-20-48)15-11-26-5-7-28(8-6-26)51-25-27-21-30(34(22-31(27)46-51)56-29-9-10-29)38(54)44-36-24-41-35-4-1-13-43-52(35)36/h1-4,13-14,21-26,28-29H,5-12,15-20H2,(H,44,54)(H,45,53,55). The zero-order chi connectivity index (χ0) is 37.8. The molecule has 4 fully saturated rings. The van der Waals surface area contributed by atoms with Gasteiger partial charge in [0, 0.05) is 69.2 Å². The number of imide groups is 1. The highest BCUT2D eigenvalue weighted by Gasteiger charge is 2.30. The molecule has 56 heavy (non-hydrogen) atoms. The molecule has 0 unspecified atom stereocenters. The molecule has 5 aromatic heterocycles. The molecule has 2 N–H and O–H groups in total. The van der Waals surface area contributed by atoms with Gasteiger partial charge in [0.2, 0.25) is 11.9 Å². The van der Waals surface area contributed by atoms with Gasteiger partial charge in [-0.15, -0.1) is 0 Å². The summed E-state index contributed by atoms with van der Waals surface area (Å²) in [5, 5.41) is 15.6. The van der Waals surface area contributed by atoms with E-state index in [1.54, 1.807) is 16.9 Å². The summed E-state index contributed by atoms with van der Waals surface area (Å²) in [7, 11) is 0. The van der Waals surface area contributed by atoms with E-state index in [1.807, 2.05) is 47.1 Å². The summed E-state index contributed by atoms with van der Waals surface area (Å²) >= 11 is 0. The number of carbonyl (C=O) groups excluding carboxylic acids is 3. The van der Waals surface area contributed by atoms with Gasteiger partial charge in [-0.05, 0) is 87.7 Å². The number of nitrogens with one attached hydrogen (secondary N) is 2. The molecule has 0 radical (unpaired) electrons. The normalized spacial score (nSPS) is 20.9. The number of anilines is 3. The predicted molar refractivity (Wildman–Crippen MR) is 209 cm³/mol. The molecular formula is C40H44N12O4. The third-order valence-electron chi connectivity index (χ3n) is 11.8. The van der Waals surface area contributed by atoms with E-state index in [-0.39, 0.29) is 24.3 Å². The lowest BCUT2D eigenvalue weighted by Crippen LogP contribution is -2.50. The zero-order valence-corrected chi connectivity index (χ0v) is 31.1. The number of carbonyl (C=O) groups is 3. The fourth-order valence-corrected chi connectivity index (χ4v) is 8.49. The van der Waals surface area contributed by atoms with E-state index in [1.165, 1.54) is 24.2 Å². The van der Waals surface area contributed by atoms with Crippen molar-refractivity contribution in [2.75, 3.05) is 54.4 Å².